The average Bonchev–Trinajstić information content (AvgIpc) is 2.28. The molecule has 0 aromatic heterocycles. The van der Waals surface area contributed by atoms with Crippen LogP contribution < -0.4 is 15.2 Å². The zero-order valence-electron chi connectivity index (χ0n) is 11.2. The third-order valence-electron chi connectivity index (χ3n) is 2.72. The lowest BCUT2D eigenvalue weighted by Gasteiger charge is -2.20. The molecule has 0 bridgehead atoms. The van der Waals surface area contributed by atoms with Crippen molar-refractivity contribution in [2.45, 2.75) is 45.8 Å². The number of methoxy groups -OCH3 is 1. The SMILES string of the molecule is CCCC(C)Oc1cccc(OC)c1C(C)N. The topological polar surface area (TPSA) is 44.5 Å². The Bertz CT molecular complexity index is 350. The number of hydrogen-bond donors (Lipinski definition) is 1. The monoisotopic (exact) mass is 237 g/mol. The van der Waals surface area contributed by atoms with Crippen molar-refractivity contribution in [3.8, 4) is 11.5 Å². The molecule has 1 rings (SSSR count). The molecular formula is C14H23NO2. The molecule has 1 aromatic rings. The molecule has 96 valence electrons. The highest BCUT2D eigenvalue weighted by Crippen LogP contribution is 2.33. The Morgan fingerprint density at radius 1 is 1.24 bits per heavy atom. The van der Waals surface area contributed by atoms with Crippen LogP contribution in [-0.4, -0.2) is 13.2 Å². The zero-order chi connectivity index (χ0) is 12.8. The Morgan fingerprint density at radius 3 is 2.41 bits per heavy atom. The molecule has 0 radical (unpaired) electrons. The molecule has 0 saturated heterocycles. The summed E-state index contributed by atoms with van der Waals surface area (Å²) in [5.41, 5.74) is 6.92. The van der Waals surface area contributed by atoms with Crippen molar-refractivity contribution in [2.75, 3.05) is 7.11 Å². The van der Waals surface area contributed by atoms with Gasteiger partial charge in [-0.15, -0.1) is 0 Å². The summed E-state index contributed by atoms with van der Waals surface area (Å²) in [5, 5.41) is 0. The Morgan fingerprint density at radius 2 is 1.88 bits per heavy atom. The summed E-state index contributed by atoms with van der Waals surface area (Å²) in [6, 6.07) is 5.69. The number of nitrogens with two attached hydrogens (primary N) is 1. The van der Waals surface area contributed by atoms with E-state index in [0.29, 0.717) is 0 Å². The minimum atomic E-state index is -0.102. The minimum Gasteiger partial charge on any atom is -0.496 e. The van der Waals surface area contributed by atoms with Gasteiger partial charge in [-0.25, -0.2) is 0 Å². The second-order valence-corrected chi connectivity index (χ2v) is 4.38. The fraction of sp³-hybridized carbons (Fsp3) is 0.571. The molecular weight excluding hydrogens is 214 g/mol. The zero-order valence-corrected chi connectivity index (χ0v) is 11.2. The van der Waals surface area contributed by atoms with E-state index >= 15 is 0 Å². The maximum Gasteiger partial charge on any atom is 0.128 e. The van der Waals surface area contributed by atoms with E-state index in [1.807, 2.05) is 25.1 Å². The Hall–Kier alpha value is -1.22. The Labute approximate surface area is 104 Å². The first kappa shape index (κ1) is 13.8. The van der Waals surface area contributed by atoms with E-state index in [1.165, 1.54) is 0 Å². The van der Waals surface area contributed by atoms with E-state index in [4.69, 9.17) is 15.2 Å². The van der Waals surface area contributed by atoms with Crippen molar-refractivity contribution in [2.24, 2.45) is 5.73 Å². The third-order valence-corrected chi connectivity index (χ3v) is 2.72. The molecule has 0 amide bonds. The molecule has 3 heteroatoms. The van der Waals surface area contributed by atoms with Gasteiger partial charge in [0.05, 0.1) is 18.8 Å². The Balaban J connectivity index is 2.97. The summed E-state index contributed by atoms with van der Waals surface area (Å²) in [6.07, 6.45) is 2.35. The van der Waals surface area contributed by atoms with E-state index in [1.54, 1.807) is 7.11 Å². The first-order chi connectivity index (χ1) is 8.10. The summed E-state index contributed by atoms with van der Waals surface area (Å²) in [7, 11) is 1.65. The summed E-state index contributed by atoms with van der Waals surface area (Å²) in [5.74, 6) is 1.63. The minimum absolute atomic E-state index is 0.102. The quantitative estimate of drug-likeness (QED) is 0.825. The lowest BCUT2D eigenvalue weighted by atomic mass is 10.1. The molecule has 3 nitrogen and oxygen atoms in total. The van der Waals surface area contributed by atoms with E-state index < -0.39 is 0 Å². The van der Waals surface area contributed by atoms with Gasteiger partial charge in [0, 0.05) is 6.04 Å². The van der Waals surface area contributed by atoms with Crippen LogP contribution in [-0.2, 0) is 0 Å². The fourth-order valence-electron chi connectivity index (χ4n) is 1.94. The maximum absolute atomic E-state index is 5.98. The highest BCUT2D eigenvalue weighted by atomic mass is 16.5. The van der Waals surface area contributed by atoms with Crippen LogP contribution in [0, 0.1) is 0 Å². The molecule has 0 fully saturated rings. The van der Waals surface area contributed by atoms with Crippen LogP contribution in [0.3, 0.4) is 0 Å². The van der Waals surface area contributed by atoms with Crippen LogP contribution in [0.15, 0.2) is 18.2 Å². The summed E-state index contributed by atoms with van der Waals surface area (Å²) in [4.78, 5) is 0. The third kappa shape index (κ3) is 3.63. The van der Waals surface area contributed by atoms with Gasteiger partial charge in [-0.2, -0.15) is 0 Å². The van der Waals surface area contributed by atoms with Gasteiger partial charge in [-0.05, 0) is 32.4 Å². The number of hydrogen-bond acceptors (Lipinski definition) is 3. The molecule has 0 aliphatic heterocycles. The van der Waals surface area contributed by atoms with Gasteiger partial charge >= 0.3 is 0 Å². The van der Waals surface area contributed by atoms with Crippen LogP contribution in [0.25, 0.3) is 0 Å². The molecule has 0 heterocycles. The molecule has 0 aliphatic carbocycles. The van der Waals surface area contributed by atoms with Crippen LogP contribution in [0.2, 0.25) is 0 Å². The van der Waals surface area contributed by atoms with Crippen molar-refractivity contribution < 1.29 is 9.47 Å². The lowest BCUT2D eigenvalue weighted by Crippen LogP contribution is -2.15. The summed E-state index contributed by atoms with van der Waals surface area (Å²) < 4.78 is 11.3. The van der Waals surface area contributed by atoms with Crippen LogP contribution in [0.1, 0.15) is 45.2 Å². The molecule has 0 spiro atoms. The van der Waals surface area contributed by atoms with Gasteiger partial charge in [0.15, 0.2) is 0 Å². The van der Waals surface area contributed by atoms with Gasteiger partial charge in [-0.1, -0.05) is 19.4 Å². The van der Waals surface area contributed by atoms with Crippen molar-refractivity contribution >= 4 is 0 Å². The first-order valence-corrected chi connectivity index (χ1v) is 6.19. The van der Waals surface area contributed by atoms with Crippen LogP contribution in [0.4, 0.5) is 0 Å². The maximum atomic E-state index is 5.98. The smallest absolute Gasteiger partial charge is 0.128 e. The molecule has 2 atom stereocenters. The number of ether oxygens (including phenoxy) is 2. The Kier molecular flexibility index (Phi) is 5.29. The molecule has 17 heavy (non-hydrogen) atoms. The normalized spacial score (nSPS) is 14.2. The van der Waals surface area contributed by atoms with Gasteiger partial charge in [0.2, 0.25) is 0 Å². The summed E-state index contributed by atoms with van der Waals surface area (Å²) in [6.45, 7) is 6.17. The highest BCUT2D eigenvalue weighted by molar-refractivity contribution is 5.46. The van der Waals surface area contributed by atoms with E-state index in [0.717, 1.165) is 29.9 Å². The van der Waals surface area contributed by atoms with Gasteiger partial charge in [-0.3, -0.25) is 0 Å². The van der Waals surface area contributed by atoms with Crippen LogP contribution in [0.5, 0.6) is 11.5 Å². The molecule has 0 aliphatic rings. The van der Waals surface area contributed by atoms with E-state index in [-0.39, 0.29) is 12.1 Å². The van der Waals surface area contributed by atoms with Gasteiger partial charge in [0.1, 0.15) is 11.5 Å². The van der Waals surface area contributed by atoms with Crippen molar-refractivity contribution in [3.05, 3.63) is 23.8 Å². The standard InChI is InChI=1S/C14H23NO2/c1-5-7-10(2)17-13-9-6-8-12(16-4)14(13)11(3)15/h6,8-11H,5,7,15H2,1-4H3. The van der Waals surface area contributed by atoms with Crippen molar-refractivity contribution in [1.29, 1.82) is 0 Å². The predicted molar refractivity (Wildman–Crippen MR) is 70.6 cm³/mol. The largest absolute Gasteiger partial charge is 0.496 e. The first-order valence-electron chi connectivity index (χ1n) is 6.19. The van der Waals surface area contributed by atoms with Crippen LogP contribution >= 0.6 is 0 Å². The second kappa shape index (κ2) is 6.50. The highest BCUT2D eigenvalue weighted by Gasteiger charge is 2.15. The van der Waals surface area contributed by atoms with E-state index in [2.05, 4.69) is 13.8 Å². The fourth-order valence-corrected chi connectivity index (χ4v) is 1.94. The van der Waals surface area contributed by atoms with Gasteiger partial charge in [0.25, 0.3) is 0 Å². The second-order valence-electron chi connectivity index (χ2n) is 4.38. The molecule has 1 aromatic carbocycles. The van der Waals surface area contributed by atoms with Crippen molar-refractivity contribution in [3.63, 3.8) is 0 Å². The molecule has 2 unspecified atom stereocenters. The average molecular weight is 237 g/mol. The predicted octanol–water partition coefficient (Wildman–Crippen LogP) is 3.28. The number of benzene rings is 1. The van der Waals surface area contributed by atoms with Crippen molar-refractivity contribution in [1.82, 2.24) is 0 Å². The van der Waals surface area contributed by atoms with E-state index in [9.17, 15) is 0 Å². The molecule has 2 N–H and O–H groups in total. The van der Waals surface area contributed by atoms with Gasteiger partial charge < -0.3 is 15.2 Å². The molecule has 0 saturated carbocycles. The lowest BCUT2D eigenvalue weighted by molar-refractivity contribution is 0.206. The summed E-state index contributed by atoms with van der Waals surface area (Å²) >= 11 is 0. The number of rotatable bonds is 6.